The molecule has 0 spiro atoms. The molecule has 9 rings (SSSR count). The fourth-order valence-corrected chi connectivity index (χ4v) is 7.37. The summed E-state index contributed by atoms with van der Waals surface area (Å²) in [4.78, 5) is 80.8. The molecule has 0 fully saturated rings. The van der Waals surface area contributed by atoms with Crippen LogP contribution in [0.3, 0.4) is 0 Å². The Morgan fingerprint density at radius 2 is 0.757 bits per heavy atom. The van der Waals surface area contributed by atoms with E-state index in [-0.39, 0.29) is 79.9 Å². The van der Waals surface area contributed by atoms with Crippen LogP contribution in [-0.4, -0.2) is 41.9 Å². The van der Waals surface area contributed by atoms with Gasteiger partial charge >= 0.3 is 35.8 Å². The third kappa shape index (κ3) is 10.8. The number of hydrogen-bond donors (Lipinski definition) is 0. The van der Waals surface area contributed by atoms with Gasteiger partial charge in [-0.15, -0.1) is 0 Å². The number of fused-ring (bicyclic) bond motifs is 1. The smallest absolute Gasteiger partial charge is 0.343 e. The second-order valence-corrected chi connectivity index (χ2v) is 15.6. The van der Waals surface area contributed by atoms with E-state index in [1.807, 2.05) is 0 Å². The summed E-state index contributed by atoms with van der Waals surface area (Å²) < 4.78 is 41.9. The maximum Gasteiger partial charge on any atom is 0.343 e. The summed E-state index contributed by atoms with van der Waals surface area (Å²) in [6, 6.07) is 54.3. The van der Waals surface area contributed by atoms with Gasteiger partial charge in [0.15, 0.2) is 17.6 Å². The molecule has 70 heavy (non-hydrogen) atoms. The van der Waals surface area contributed by atoms with E-state index in [0.717, 1.165) is 0 Å². The molecule has 0 saturated carbocycles. The lowest BCUT2D eigenvalue weighted by atomic mass is 9.93. The van der Waals surface area contributed by atoms with Crippen molar-refractivity contribution in [1.29, 1.82) is 0 Å². The summed E-state index contributed by atoms with van der Waals surface area (Å²) in [6.07, 6.45) is -2.53. The molecule has 1 heterocycles. The lowest BCUT2D eigenvalue weighted by molar-refractivity contribution is -0.0189. The second kappa shape index (κ2) is 20.9. The van der Waals surface area contributed by atoms with Crippen LogP contribution in [0.25, 0.3) is 0 Å². The zero-order valence-electron chi connectivity index (χ0n) is 36.8. The largest absolute Gasteiger partial charge is 0.481 e. The fraction of sp³-hybridized carbons (Fsp3) is 0.0526. The highest BCUT2D eigenvalue weighted by molar-refractivity contribution is 5.95. The van der Waals surface area contributed by atoms with Gasteiger partial charge in [-0.05, 0) is 97.1 Å². The van der Waals surface area contributed by atoms with Gasteiger partial charge in [-0.3, -0.25) is 0 Å². The van der Waals surface area contributed by atoms with Crippen LogP contribution in [-0.2, 0) is 11.2 Å². The zero-order valence-corrected chi connectivity index (χ0v) is 36.8. The maximum atomic E-state index is 14.1. The van der Waals surface area contributed by atoms with Crippen LogP contribution in [0.15, 0.2) is 206 Å². The molecule has 0 bridgehead atoms. The topological polar surface area (TPSA) is 167 Å². The summed E-state index contributed by atoms with van der Waals surface area (Å²) in [5.41, 5.74) is 1.92. The SMILES string of the molecule is O=C(Oc1ccc(C(=O)O[C@H]2Cc3c(OC(=O)c4ccccc4)cc(OC(=O)c4ccccc4)cc3O[C@@H]2c2ccc(OC(=O)c3ccccc3)c(OC(=O)c3ccccc3)c2)cc1)c1ccccc1. The average Bonchev–Trinajstić information content (AvgIpc) is 3.40. The van der Waals surface area contributed by atoms with E-state index in [0.29, 0.717) is 5.56 Å². The van der Waals surface area contributed by atoms with Crippen LogP contribution in [0.1, 0.15) is 79.4 Å². The van der Waals surface area contributed by atoms with Gasteiger partial charge in [0.1, 0.15) is 29.1 Å². The van der Waals surface area contributed by atoms with Crippen LogP contribution in [0, 0.1) is 0 Å². The minimum absolute atomic E-state index is 0.0358. The molecule has 0 N–H and O–H groups in total. The number of benzene rings is 8. The lowest BCUT2D eigenvalue weighted by Crippen LogP contribution is -2.35. The van der Waals surface area contributed by atoms with Crippen LogP contribution >= 0.6 is 0 Å². The molecule has 0 saturated heterocycles. The van der Waals surface area contributed by atoms with Crippen molar-refractivity contribution in [2.45, 2.75) is 18.6 Å². The molecule has 8 aromatic rings. The molecule has 13 heteroatoms. The maximum absolute atomic E-state index is 14.1. The predicted octanol–water partition coefficient (Wildman–Crippen LogP) is 10.7. The second-order valence-electron chi connectivity index (χ2n) is 15.6. The molecule has 13 nitrogen and oxygen atoms in total. The van der Waals surface area contributed by atoms with Gasteiger partial charge in [0.25, 0.3) is 0 Å². The Kier molecular flexibility index (Phi) is 13.6. The number of hydrogen-bond acceptors (Lipinski definition) is 13. The van der Waals surface area contributed by atoms with Crippen LogP contribution in [0.5, 0.6) is 34.5 Å². The first-order valence-electron chi connectivity index (χ1n) is 21.8. The molecule has 0 radical (unpaired) electrons. The number of rotatable bonds is 13. The monoisotopic (exact) mass is 930 g/mol. The first kappa shape index (κ1) is 45.5. The number of ether oxygens (including phenoxy) is 7. The minimum Gasteiger partial charge on any atom is -0.481 e. The molecule has 0 aromatic heterocycles. The van der Waals surface area contributed by atoms with E-state index in [2.05, 4.69) is 0 Å². The van der Waals surface area contributed by atoms with Crippen molar-refractivity contribution >= 4 is 35.8 Å². The van der Waals surface area contributed by atoms with Crippen molar-refractivity contribution < 1.29 is 61.9 Å². The minimum atomic E-state index is -1.20. The molecular weight excluding hydrogens is 893 g/mol. The van der Waals surface area contributed by atoms with Crippen LogP contribution in [0.4, 0.5) is 0 Å². The molecule has 1 aliphatic heterocycles. The third-order valence-corrected chi connectivity index (χ3v) is 10.9. The number of carbonyl (C=O) groups is 6. The van der Waals surface area contributed by atoms with Gasteiger partial charge in [-0.1, -0.05) is 97.1 Å². The standard InChI is InChI=1S/C57H38O13/c58-52(36-16-6-1-7-17-36)64-43-29-26-41(27-30-43)57(63)70-50-35-45-47(33-44(65-53(59)37-18-8-2-9-19-37)34-48(45)68-55(61)39-22-12-4-13-23-39)66-51(50)42-28-31-46(67-54(60)38-20-10-3-11-21-38)49(32-42)69-56(62)40-24-14-5-15-25-40/h1-34,50-51H,35H2/t50-,51+/m0/s1. The zero-order chi connectivity index (χ0) is 48.4. The molecule has 1 aliphatic rings. The summed E-state index contributed by atoms with van der Waals surface area (Å²) >= 11 is 0. The molecule has 344 valence electrons. The molecule has 8 aromatic carbocycles. The first-order chi connectivity index (χ1) is 34.1. The fourth-order valence-electron chi connectivity index (χ4n) is 7.37. The van der Waals surface area contributed by atoms with Gasteiger partial charge in [0.05, 0.1) is 33.4 Å². The van der Waals surface area contributed by atoms with Gasteiger partial charge in [-0.2, -0.15) is 0 Å². The highest BCUT2D eigenvalue weighted by Gasteiger charge is 2.38. The Hall–Kier alpha value is -9.62. The molecule has 0 unspecified atom stereocenters. The Balaban J connectivity index is 1.10. The van der Waals surface area contributed by atoms with E-state index in [4.69, 9.17) is 33.2 Å². The van der Waals surface area contributed by atoms with Gasteiger partial charge < -0.3 is 33.2 Å². The Labute approximate surface area is 400 Å². The highest BCUT2D eigenvalue weighted by atomic mass is 16.6. The molecular formula is C57H38O13. The van der Waals surface area contributed by atoms with Crippen LogP contribution in [0.2, 0.25) is 0 Å². The summed E-state index contributed by atoms with van der Waals surface area (Å²) in [7, 11) is 0. The van der Waals surface area contributed by atoms with Crippen molar-refractivity contribution in [2.24, 2.45) is 0 Å². The Bertz CT molecular complexity index is 3200. The number of esters is 6. The van der Waals surface area contributed by atoms with Gasteiger partial charge in [0, 0.05) is 29.7 Å². The average molecular weight is 931 g/mol. The van der Waals surface area contributed by atoms with E-state index in [1.54, 1.807) is 158 Å². The molecule has 2 atom stereocenters. The predicted molar refractivity (Wildman–Crippen MR) is 253 cm³/mol. The van der Waals surface area contributed by atoms with Gasteiger partial charge in [0.2, 0.25) is 0 Å². The van der Waals surface area contributed by atoms with E-state index in [1.165, 1.54) is 48.5 Å². The summed E-state index contributed by atoms with van der Waals surface area (Å²) in [5, 5.41) is 0. The first-order valence-corrected chi connectivity index (χ1v) is 21.8. The van der Waals surface area contributed by atoms with Crippen molar-refractivity contribution in [3.63, 3.8) is 0 Å². The van der Waals surface area contributed by atoms with Crippen molar-refractivity contribution in [3.05, 3.63) is 251 Å². The van der Waals surface area contributed by atoms with E-state index >= 15 is 0 Å². The normalized spacial score (nSPS) is 13.5. The highest BCUT2D eigenvalue weighted by Crippen LogP contribution is 2.45. The van der Waals surface area contributed by atoms with E-state index in [9.17, 15) is 28.8 Å². The third-order valence-electron chi connectivity index (χ3n) is 10.9. The Morgan fingerprint density at radius 3 is 1.23 bits per heavy atom. The number of carbonyl (C=O) groups excluding carboxylic acids is 6. The quantitative estimate of drug-likeness (QED) is 0.0792. The van der Waals surface area contributed by atoms with Crippen molar-refractivity contribution in [1.82, 2.24) is 0 Å². The lowest BCUT2D eigenvalue weighted by Gasteiger charge is -2.34. The summed E-state index contributed by atoms with van der Waals surface area (Å²) in [6.45, 7) is 0. The van der Waals surface area contributed by atoms with E-state index < -0.39 is 48.0 Å². The van der Waals surface area contributed by atoms with Crippen molar-refractivity contribution in [3.8, 4) is 34.5 Å². The summed E-state index contributed by atoms with van der Waals surface area (Å²) in [5.74, 6) is -4.40. The molecule has 0 aliphatic carbocycles. The van der Waals surface area contributed by atoms with Crippen molar-refractivity contribution in [2.75, 3.05) is 0 Å². The van der Waals surface area contributed by atoms with Gasteiger partial charge in [-0.25, -0.2) is 28.8 Å². The molecule has 0 amide bonds. The Morgan fingerprint density at radius 1 is 0.357 bits per heavy atom. The van der Waals surface area contributed by atoms with Crippen LogP contribution < -0.4 is 28.4 Å².